The van der Waals surface area contributed by atoms with Crippen LogP contribution in [-0.4, -0.2) is 11.3 Å². The molecule has 106 valence electrons. The SMILES string of the molecule is Cc1ccccc1C(O)C1CCCC(C(F)(F)F)C1. The van der Waals surface area contributed by atoms with Crippen LogP contribution in [0.4, 0.5) is 13.2 Å². The van der Waals surface area contributed by atoms with E-state index in [2.05, 4.69) is 0 Å². The Labute approximate surface area is 111 Å². The average Bonchev–Trinajstić information content (AvgIpc) is 2.38. The summed E-state index contributed by atoms with van der Waals surface area (Å²) in [7, 11) is 0. The molecule has 1 aromatic carbocycles. The van der Waals surface area contributed by atoms with Gasteiger partial charge in [-0.25, -0.2) is 0 Å². The Hall–Kier alpha value is -1.03. The molecule has 1 aliphatic carbocycles. The van der Waals surface area contributed by atoms with Crippen molar-refractivity contribution in [1.29, 1.82) is 0 Å². The molecule has 1 aliphatic rings. The van der Waals surface area contributed by atoms with E-state index in [1.54, 1.807) is 6.07 Å². The number of halogens is 3. The van der Waals surface area contributed by atoms with E-state index in [9.17, 15) is 18.3 Å². The van der Waals surface area contributed by atoms with Crippen molar-refractivity contribution in [1.82, 2.24) is 0 Å². The second-order valence-electron chi connectivity index (χ2n) is 5.47. The van der Waals surface area contributed by atoms with Crippen molar-refractivity contribution >= 4 is 0 Å². The van der Waals surface area contributed by atoms with Gasteiger partial charge < -0.3 is 5.11 Å². The number of hydrogen-bond donors (Lipinski definition) is 1. The molecule has 1 nitrogen and oxygen atoms in total. The van der Waals surface area contributed by atoms with Gasteiger partial charge in [0.1, 0.15) is 0 Å². The third-order valence-electron chi connectivity index (χ3n) is 4.13. The summed E-state index contributed by atoms with van der Waals surface area (Å²) in [5.74, 6) is -1.55. The lowest BCUT2D eigenvalue weighted by atomic mass is 9.76. The second kappa shape index (κ2) is 5.53. The number of aliphatic hydroxyl groups excluding tert-OH is 1. The quantitative estimate of drug-likeness (QED) is 0.846. The number of rotatable bonds is 2. The van der Waals surface area contributed by atoms with E-state index in [0.717, 1.165) is 11.1 Å². The van der Waals surface area contributed by atoms with Crippen LogP contribution in [0.5, 0.6) is 0 Å². The fourth-order valence-electron chi connectivity index (χ4n) is 2.98. The van der Waals surface area contributed by atoms with Gasteiger partial charge in [-0.2, -0.15) is 13.2 Å². The molecule has 0 bridgehead atoms. The molecular weight excluding hydrogens is 253 g/mol. The molecule has 4 heteroatoms. The van der Waals surface area contributed by atoms with Crippen LogP contribution in [0, 0.1) is 18.8 Å². The largest absolute Gasteiger partial charge is 0.391 e. The zero-order valence-corrected chi connectivity index (χ0v) is 11.0. The highest BCUT2D eigenvalue weighted by atomic mass is 19.4. The van der Waals surface area contributed by atoms with E-state index >= 15 is 0 Å². The lowest BCUT2D eigenvalue weighted by Gasteiger charge is -2.33. The van der Waals surface area contributed by atoms with Gasteiger partial charge >= 0.3 is 6.18 Å². The van der Waals surface area contributed by atoms with Gasteiger partial charge in [0.05, 0.1) is 12.0 Å². The highest BCUT2D eigenvalue weighted by Crippen LogP contribution is 2.44. The highest BCUT2D eigenvalue weighted by Gasteiger charge is 2.43. The van der Waals surface area contributed by atoms with Gasteiger partial charge in [-0.15, -0.1) is 0 Å². The maximum absolute atomic E-state index is 12.8. The lowest BCUT2D eigenvalue weighted by molar-refractivity contribution is -0.189. The molecule has 0 heterocycles. The van der Waals surface area contributed by atoms with Crippen LogP contribution in [0.3, 0.4) is 0 Å². The van der Waals surface area contributed by atoms with Gasteiger partial charge in [0.2, 0.25) is 0 Å². The first-order valence-electron chi connectivity index (χ1n) is 6.70. The molecule has 3 unspecified atom stereocenters. The summed E-state index contributed by atoms with van der Waals surface area (Å²) in [6, 6.07) is 7.36. The minimum Gasteiger partial charge on any atom is -0.388 e. The van der Waals surface area contributed by atoms with Crippen LogP contribution in [-0.2, 0) is 0 Å². The zero-order chi connectivity index (χ0) is 14.0. The second-order valence-corrected chi connectivity index (χ2v) is 5.47. The molecule has 19 heavy (non-hydrogen) atoms. The number of aliphatic hydroxyl groups is 1. The van der Waals surface area contributed by atoms with Crippen LogP contribution < -0.4 is 0 Å². The molecule has 2 rings (SSSR count). The Morgan fingerprint density at radius 2 is 1.89 bits per heavy atom. The van der Waals surface area contributed by atoms with E-state index in [-0.39, 0.29) is 18.8 Å². The Morgan fingerprint density at radius 3 is 2.53 bits per heavy atom. The minimum absolute atomic E-state index is 0.0407. The number of benzene rings is 1. The predicted octanol–water partition coefficient (Wildman–Crippen LogP) is 4.40. The van der Waals surface area contributed by atoms with Crippen molar-refractivity contribution in [2.45, 2.75) is 44.9 Å². The average molecular weight is 272 g/mol. The molecule has 0 aromatic heterocycles. The Balaban J connectivity index is 2.12. The number of aryl methyl sites for hydroxylation is 1. The van der Waals surface area contributed by atoms with Crippen molar-refractivity contribution in [3.05, 3.63) is 35.4 Å². The first-order chi connectivity index (χ1) is 8.89. The predicted molar refractivity (Wildman–Crippen MR) is 67.6 cm³/mol. The minimum atomic E-state index is -4.13. The van der Waals surface area contributed by atoms with Crippen LogP contribution in [0.1, 0.15) is 42.9 Å². The standard InChI is InChI=1S/C15H19F3O/c1-10-5-2-3-8-13(10)14(19)11-6-4-7-12(9-11)15(16,17)18/h2-3,5,8,11-12,14,19H,4,6-7,9H2,1H3. The summed E-state index contributed by atoms with van der Waals surface area (Å²) in [5, 5.41) is 10.3. The first-order valence-corrected chi connectivity index (χ1v) is 6.70. The van der Waals surface area contributed by atoms with E-state index < -0.39 is 18.2 Å². The summed E-state index contributed by atoms with van der Waals surface area (Å²) in [4.78, 5) is 0. The van der Waals surface area contributed by atoms with Crippen molar-refractivity contribution in [2.24, 2.45) is 11.8 Å². The molecule has 0 spiro atoms. The maximum atomic E-state index is 12.8. The van der Waals surface area contributed by atoms with Crippen LogP contribution in [0.15, 0.2) is 24.3 Å². The van der Waals surface area contributed by atoms with E-state index in [0.29, 0.717) is 12.8 Å². The van der Waals surface area contributed by atoms with Crippen LogP contribution >= 0.6 is 0 Å². The molecule has 0 aliphatic heterocycles. The van der Waals surface area contributed by atoms with Gasteiger partial charge in [0.25, 0.3) is 0 Å². The summed E-state index contributed by atoms with van der Waals surface area (Å²) in [6.07, 6.45) is -3.48. The number of alkyl halides is 3. The molecule has 3 atom stereocenters. The smallest absolute Gasteiger partial charge is 0.388 e. The molecular formula is C15H19F3O. The zero-order valence-electron chi connectivity index (χ0n) is 11.0. The van der Waals surface area contributed by atoms with E-state index in [1.165, 1.54) is 0 Å². The van der Waals surface area contributed by atoms with E-state index in [4.69, 9.17) is 0 Å². The summed E-state index contributed by atoms with van der Waals surface area (Å²) < 4.78 is 38.3. The van der Waals surface area contributed by atoms with Crippen molar-refractivity contribution < 1.29 is 18.3 Å². The third-order valence-corrected chi connectivity index (χ3v) is 4.13. The van der Waals surface area contributed by atoms with E-state index in [1.807, 2.05) is 25.1 Å². The lowest BCUT2D eigenvalue weighted by Crippen LogP contribution is -2.31. The van der Waals surface area contributed by atoms with Gasteiger partial charge in [-0.05, 0) is 43.2 Å². The monoisotopic (exact) mass is 272 g/mol. The van der Waals surface area contributed by atoms with Gasteiger partial charge in [0.15, 0.2) is 0 Å². The Morgan fingerprint density at radius 1 is 1.21 bits per heavy atom. The molecule has 0 saturated heterocycles. The van der Waals surface area contributed by atoms with Crippen molar-refractivity contribution in [3.63, 3.8) is 0 Å². The van der Waals surface area contributed by atoms with Crippen molar-refractivity contribution in [2.75, 3.05) is 0 Å². The fourth-order valence-corrected chi connectivity index (χ4v) is 2.98. The summed E-state index contributed by atoms with van der Waals surface area (Å²) in [5.41, 5.74) is 1.69. The number of hydrogen-bond acceptors (Lipinski definition) is 1. The van der Waals surface area contributed by atoms with Crippen molar-refractivity contribution in [3.8, 4) is 0 Å². The maximum Gasteiger partial charge on any atom is 0.391 e. The molecule has 1 aromatic rings. The van der Waals surface area contributed by atoms with Gasteiger partial charge in [-0.1, -0.05) is 30.7 Å². The molecule has 0 amide bonds. The Kier molecular flexibility index (Phi) is 4.19. The molecule has 1 fully saturated rings. The van der Waals surface area contributed by atoms with Gasteiger partial charge in [-0.3, -0.25) is 0 Å². The normalized spacial score (nSPS) is 26.2. The first kappa shape index (κ1) is 14.4. The van der Waals surface area contributed by atoms with Crippen LogP contribution in [0.25, 0.3) is 0 Å². The third kappa shape index (κ3) is 3.30. The molecule has 1 saturated carbocycles. The van der Waals surface area contributed by atoms with Crippen LogP contribution in [0.2, 0.25) is 0 Å². The summed E-state index contributed by atoms with van der Waals surface area (Å²) in [6.45, 7) is 1.88. The Bertz CT molecular complexity index is 428. The highest BCUT2D eigenvalue weighted by molar-refractivity contribution is 5.28. The van der Waals surface area contributed by atoms with Gasteiger partial charge in [0, 0.05) is 0 Å². The summed E-state index contributed by atoms with van der Waals surface area (Å²) >= 11 is 0. The topological polar surface area (TPSA) is 20.2 Å². The molecule has 1 N–H and O–H groups in total. The molecule has 0 radical (unpaired) electrons. The fraction of sp³-hybridized carbons (Fsp3) is 0.600.